The predicted octanol–water partition coefficient (Wildman–Crippen LogP) is 5.21. The lowest BCUT2D eigenvalue weighted by molar-refractivity contribution is 0.413. The Morgan fingerprint density at radius 3 is 2.28 bits per heavy atom. The molecule has 2 aromatic carbocycles. The Labute approximate surface area is 168 Å². The Morgan fingerprint density at radius 1 is 0.931 bits per heavy atom. The number of hydrogen-bond acceptors (Lipinski definition) is 5. The predicted molar refractivity (Wildman–Crippen MR) is 112 cm³/mol. The minimum absolute atomic E-state index is 0.276. The summed E-state index contributed by atoms with van der Waals surface area (Å²) >= 11 is 0. The first-order valence-corrected chi connectivity index (χ1v) is 9.06. The number of halogens is 1. The molecule has 0 fully saturated rings. The minimum Gasteiger partial charge on any atom is -0.494 e. The Morgan fingerprint density at radius 2 is 1.62 bits per heavy atom. The van der Waals surface area contributed by atoms with Gasteiger partial charge in [-0.2, -0.15) is 0 Å². The van der Waals surface area contributed by atoms with E-state index < -0.39 is 0 Å². The van der Waals surface area contributed by atoms with Crippen molar-refractivity contribution in [2.45, 2.75) is 6.92 Å². The molecule has 6 nitrogen and oxygen atoms in total. The number of hydrogen-bond donors (Lipinski definition) is 2. The van der Waals surface area contributed by atoms with Crippen LogP contribution in [0.5, 0.6) is 5.75 Å². The molecule has 0 saturated carbocycles. The summed E-state index contributed by atoms with van der Waals surface area (Å²) in [6.07, 6.45) is 3.70. The molecule has 0 aliphatic rings. The van der Waals surface area contributed by atoms with E-state index in [2.05, 4.69) is 20.6 Å². The van der Waals surface area contributed by atoms with Gasteiger partial charge in [0.25, 0.3) is 0 Å². The lowest BCUT2D eigenvalue weighted by Crippen LogP contribution is -2.00. The van der Waals surface area contributed by atoms with Crippen molar-refractivity contribution in [2.24, 2.45) is 0 Å². The third kappa shape index (κ3) is 4.35. The fourth-order valence-electron chi connectivity index (χ4n) is 2.92. The molecule has 0 atom stereocenters. The molecule has 0 saturated heterocycles. The van der Waals surface area contributed by atoms with Gasteiger partial charge < -0.3 is 19.9 Å². The van der Waals surface area contributed by atoms with Crippen molar-refractivity contribution in [3.05, 3.63) is 84.7 Å². The second kappa shape index (κ2) is 8.02. The third-order valence-corrected chi connectivity index (χ3v) is 4.31. The Bertz CT molecular complexity index is 1120. The van der Waals surface area contributed by atoms with Crippen LogP contribution in [0, 0.1) is 12.7 Å². The van der Waals surface area contributed by atoms with Gasteiger partial charge in [0.15, 0.2) is 0 Å². The van der Waals surface area contributed by atoms with Crippen molar-refractivity contribution < 1.29 is 9.13 Å². The molecule has 7 heteroatoms. The normalized spacial score (nSPS) is 10.6. The molecule has 4 aromatic rings. The summed E-state index contributed by atoms with van der Waals surface area (Å²) in [5.74, 6) is 1.76. The zero-order valence-electron chi connectivity index (χ0n) is 16.1. The SMILES string of the molecule is COc1cc(Nc2cccc(Nc3ccc(F)cc3)n2)ccc1-n1cnc(C)c1. The second-order valence-electron chi connectivity index (χ2n) is 6.47. The van der Waals surface area contributed by atoms with Gasteiger partial charge in [0.1, 0.15) is 23.2 Å². The number of benzene rings is 2. The molecule has 2 aromatic heterocycles. The van der Waals surface area contributed by atoms with E-state index in [1.54, 1.807) is 25.6 Å². The first-order chi connectivity index (χ1) is 14.1. The second-order valence-corrected chi connectivity index (χ2v) is 6.47. The maximum absolute atomic E-state index is 13.1. The van der Waals surface area contributed by atoms with Crippen molar-refractivity contribution >= 4 is 23.0 Å². The van der Waals surface area contributed by atoms with Gasteiger partial charge in [-0.15, -0.1) is 0 Å². The molecular formula is C22H20FN5O. The van der Waals surface area contributed by atoms with Gasteiger partial charge in [0, 0.05) is 23.6 Å². The molecule has 0 amide bonds. The van der Waals surface area contributed by atoms with Gasteiger partial charge in [0.2, 0.25) is 0 Å². The highest BCUT2D eigenvalue weighted by molar-refractivity contribution is 5.65. The smallest absolute Gasteiger partial charge is 0.144 e. The number of rotatable bonds is 6. The molecule has 146 valence electrons. The minimum atomic E-state index is -0.276. The van der Waals surface area contributed by atoms with Crippen LogP contribution in [0.15, 0.2) is 73.2 Å². The molecular weight excluding hydrogens is 369 g/mol. The van der Waals surface area contributed by atoms with E-state index in [-0.39, 0.29) is 5.82 Å². The number of imidazole rings is 1. The summed E-state index contributed by atoms with van der Waals surface area (Å²) in [6.45, 7) is 1.94. The highest BCUT2D eigenvalue weighted by atomic mass is 19.1. The molecule has 0 unspecified atom stereocenters. The lowest BCUT2D eigenvalue weighted by Gasteiger charge is -2.13. The summed E-state index contributed by atoms with van der Waals surface area (Å²) in [7, 11) is 1.64. The van der Waals surface area contributed by atoms with Gasteiger partial charge in [-0.25, -0.2) is 14.4 Å². The molecule has 29 heavy (non-hydrogen) atoms. The Kier molecular flexibility index (Phi) is 5.11. The third-order valence-electron chi connectivity index (χ3n) is 4.31. The number of methoxy groups -OCH3 is 1. The van der Waals surface area contributed by atoms with Crippen LogP contribution in [0.1, 0.15) is 5.69 Å². The van der Waals surface area contributed by atoms with E-state index in [1.165, 1.54) is 12.1 Å². The van der Waals surface area contributed by atoms with E-state index in [4.69, 9.17) is 4.74 Å². The average molecular weight is 389 g/mol. The van der Waals surface area contributed by atoms with Crippen LogP contribution in [0.4, 0.5) is 27.4 Å². The molecule has 2 heterocycles. The topological polar surface area (TPSA) is 64.0 Å². The van der Waals surface area contributed by atoms with Gasteiger partial charge in [-0.05, 0) is 55.5 Å². The van der Waals surface area contributed by atoms with Crippen molar-refractivity contribution in [2.75, 3.05) is 17.7 Å². The summed E-state index contributed by atoms with van der Waals surface area (Å²) in [5, 5.41) is 6.44. The Hall–Kier alpha value is -3.87. The molecule has 0 aliphatic carbocycles. The number of nitrogens with zero attached hydrogens (tertiary/aromatic N) is 3. The van der Waals surface area contributed by atoms with E-state index in [0.717, 1.165) is 22.8 Å². The number of pyridine rings is 1. The largest absolute Gasteiger partial charge is 0.494 e. The summed E-state index contributed by atoms with van der Waals surface area (Å²) in [6, 6.07) is 17.6. The van der Waals surface area contributed by atoms with Crippen LogP contribution in [0.2, 0.25) is 0 Å². The molecule has 0 aliphatic heterocycles. The molecule has 0 bridgehead atoms. The molecule has 2 N–H and O–H groups in total. The standard InChI is InChI=1S/C22H20FN5O/c1-15-13-28(14-24-15)19-11-10-18(12-20(19)29-2)26-22-5-3-4-21(27-22)25-17-8-6-16(23)7-9-17/h3-14H,1-2H3,(H2,25,26,27). The van der Waals surface area contributed by atoms with Crippen molar-refractivity contribution in [1.82, 2.24) is 14.5 Å². The van der Waals surface area contributed by atoms with E-state index in [1.807, 2.05) is 54.1 Å². The first-order valence-electron chi connectivity index (χ1n) is 9.06. The van der Waals surface area contributed by atoms with E-state index in [9.17, 15) is 4.39 Å². The first kappa shape index (κ1) is 18.5. The summed E-state index contributed by atoms with van der Waals surface area (Å²) < 4.78 is 20.5. The highest BCUT2D eigenvalue weighted by Gasteiger charge is 2.08. The van der Waals surface area contributed by atoms with Crippen molar-refractivity contribution in [1.29, 1.82) is 0 Å². The summed E-state index contributed by atoms with van der Waals surface area (Å²) in [4.78, 5) is 8.81. The lowest BCUT2D eigenvalue weighted by atomic mass is 10.2. The van der Waals surface area contributed by atoms with Crippen LogP contribution in [-0.4, -0.2) is 21.6 Å². The Balaban J connectivity index is 1.53. The van der Waals surface area contributed by atoms with Gasteiger partial charge in [-0.3, -0.25) is 0 Å². The zero-order chi connectivity index (χ0) is 20.2. The molecule has 4 rings (SSSR count). The maximum atomic E-state index is 13.1. The van der Waals surface area contributed by atoms with E-state index in [0.29, 0.717) is 17.4 Å². The summed E-state index contributed by atoms with van der Waals surface area (Å²) in [5.41, 5.74) is 3.44. The number of anilines is 4. The average Bonchev–Trinajstić information content (AvgIpc) is 3.16. The molecule has 0 radical (unpaired) electrons. The molecule has 0 spiro atoms. The highest BCUT2D eigenvalue weighted by Crippen LogP contribution is 2.28. The maximum Gasteiger partial charge on any atom is 0.144 e. The van der Waals surface area contributed by atoms with Gasteiger partial charge >= 0.3 is 0 Å². The van der Waals surface area contributed by atoms with Crippen LogP contribution >= 0.6 is 0 Å². The zero-order valence-corrected chi connectivity index (χ0v) is 16.1. The number of nitrogens with one attached hydrogen (secondary N) is 2. The van der Waals surface area contributed by atoms with Crippen LogP contribution < -0.4 is 15.4 Å². The van der Waals surface area contributed by atoms with Gasteiger partial charge in [0.05, 0.1) is 24.8 Å². The van der Waals surface area contributed by atoms with Crippen LogP contribution in [0.25, 0.3) is 5.69 Å². The monoisotopic (exact) mass is 389 g/mol. The van der Waals surface area contributed by atoms with Crippen molar-refractivity contribution in [3.63, 3.8) is 0 Å². The van der Waals surface area contributed by atoms with Crippen molar-refractivity contribution in [3.8, 4) is 11.4 Å². The van der Waals surface area contributed by atoms with Gasteiger partial charge in [-0.1, -0.05) is 6.07 Å². The van der Waals surface area contributed by atoms with Crippen LogP contribution in [0.3, 0.4) is 0 Å². The number of aromatic nitrogens is 3. The van der Waals surface area contributed by atoms with Crippen LogP contribution in [-0.2, 0) is 0 Å². The number of ether oxygens (including phenoxy) is 1. The van der Waals surface area contributed by atoms with E-state index >= 15 is 0 Å². The quantitative estimate of drug-likeness (QED) is 0.474. The fourth-order valence-corrected chi connectivity index (χ4v) is 2.92. The fraction of sp³-hybridized carbons (Fsp3) is 0.0909. The number of aryl methyl sites for hydroxylation is 1.